The standard InChI is InChI=1S/C22H23F3N6O3S/c1-13(14-4-7-16(8-5-14)35(26,33)34)28-20-30-17-9-6-15(10-11-21(2,3)32)29-18(17)19(31-20)27-12-22(23,24)25/h4-9,13,32H,12H2,1-3H3,(H2,26,33,34)(H2,27,28,30,31)/t13-/m1/s1. The zero-order valence-corrected chi connectivity index (χ0v) is 19.8. The second-order valence-corrected chi connectivity index (χ2v) is 9.78. The van der Waals surface area contributed by atoms with E-state index in [9.17, 15) is 26.7 Å². The molecular weight excluding hydrogens is 485 g/mol. The number of hydrogen-bond donors (Lipinski definition) is 4. The Morgan fingerprint density at radius 2 is 1.74 bits per heavy atom. The third kappa shape index (κ3) is 7.51. The van der Waals surface area contributed by atoms with Crippen molar-refractivity contribution < 1.29 is 26.7 Å². The van der Waals surface area contributed by atoms with Crippen molar-refractivity contribution in [3.05, 3.63) is 47.7 Å². The van der Waals surface area contributed by atoms with Gasteiger partial charge < -0.3 is 15.7 Å². The van der Waals surface area contributed by atoms with Gasteiger partial charge in [-0.3, -0.25) is 0 Å². The molecule has 3 aromatic rings. The van der Waals surface area contributed by atoms with Gasteiger partial charge in [0.2, 0.25) is 16.0 Å². The lowest BCUT2D eigenvalue weighted by atomic mass is 10.1. The van der Waals surface area contributed by atoms with Crippen molar-refractivity contribution in [3.8, 4) is 11.8 Å². The van der Waals surface area contributed by atoms with Crippen LogP contribution in [0.2, 0.25) is 0 Å². The first-order valence-electron chi connectivity index (χ1n) is 10.2. The summed E-state index contributed by atoms with van der Waals surface area (Å²) in [5, 5.41) is 20.1. The van der Waals surface area contributed by atoms with E-state index in [0.29, 0.717) is 5.56 Å². The minimum Gasteiger partial charge on any atom is -0.378 e. The zero-order valence-electron chi connectivity index (χ0n) is 19.0. The molecule has 13 heteroatoms. The normalized spacial score (nSPS) is 13.1. The molecular formula is C22H23F3N6O3S. The number of benzene rings is 1. The van der Waals surface area contributed by atoms with Gasteiger partial charge in [-0.15, -0.1) is 0 Å². The minimum atomic E-state index is -4.50. The molecule has 0 aliphatic rings. The molecule has 9 nitrogen and oxygen atoms in total. The topological polar surface area (TPSA) is 143 Å². The van der Waals surface area contributed by atoms with Gasteiger partial charge in [-0.25, -0.2) is 23.5 Å². The van der Waals surface area contributed by atoms with Crippen molar-refractivity contribution in [2.45, 2.75) is 43.5 Å². The van der Waals surface area contributed by atoms with Crippen LogP contribution < -0.4 is 15.8 Å². The molecule has 186 valence electrons. The second-order valence-electron chi connectivity index (χ2n) is 8.22. The van der Waals surface area contributed by atoms with Gasteiger partial charge in [0.25, 0.3) is 0 Å². The number of halogens is 3. The molecule has 0 bridgehead atoms. The first-order chi connectivity index (χ1) is 16.1. The van der Waals surface area contributed by atoms with Gasteiger partial charge in [0.05, 0.1) is 16.5 Å². The van der Waals surface area contributed by atoms with E-state index in [1.165, 1.54) is 38.1 Å². The van der Waals surface area contributed by atoms with Crippen LogP contribution in [0.5, 0.6) is 0 Å². The van der Waals surface area contributed by atoms with Crippen LogP contribution >= 0.6 is 0 Å². The number of anilines is 2. The summed E-state index contributed by atoms with van der Waals surface area (Å²) in [5.74, 6) is 5.14. The van der Waals surface area contributed by atoms with Crippen LogP contribution in [0.1, 0.15) is 38.1 Å². The molecule has 0 spiro atoms. The molecule has 1 aromatic carbocycles. The number of hydrogen-bond acceptors (Lipinski definition) is 8. The number of pyridine rings is 1. The van der Waals surface area contributed by atoms with Crippen molar-refractivity contribution >= 4 is 32.8 Å². The molecule has 0 amide bonds. The van der Waals surface area contributed by atoms with E-state index >= 15 is 0 Å². The highest BCUT2D eigenvalue weighted by atomic mass is 32.2. The van der Waals surface area contributed by atoms with E-state index < -0.39 is 34.4 Å². The predicted octanol–water partition coefficient (Wildman–Crippen LogP) is 2.94. The first kappa shape index (κ1) is 26.1. The Balaban J connectivity index is 1.96. The monoisotopic (exact) mass is 508 g/mol. The highest BCUT2D eigenvalue weighted by molar-refractivity contribution is 7.89. The fourth-order valence-corrected chi connectivity index (χ4v) is 3.41. The summed E-state index contributed by atoms with van der Waals surface area (Å²) in [5.41, 5.74) is -0.0464. The average Bonchev–Trinajstić information content (AvgIpc) is 2.74. The van der Waals surface area contributed by atoms with Gasteiger partial charge in [0.15, 0.2) is 5.82 Å². The molecule has 0 radical (unpaired) electrons. The molecule has 1 atom stereocenters. The van der Waals surface area contributed by atoms with Crippen molar-refractivity contribution in [1.82, 2.24) is 15.0 Å². The van der Waals surface area contributed by atoms with E-state index in [0.717, 1.165) is 0 Å². The Kier molecular flexibility index (Phi) is 7.21. The average molecular weight is 509 g/mol. The number of aromatic nitrogens is 3. The number of rotatable bonds is 6. The molecule has 2 heterocycles. The van der Waals surface area contributed by atoms with Crippen LogP contribution in [-0.2, 0) is 10.0 Å². The van der Waals surface area contributed by atoms with Gasteiger partial charge in [-0.05, 0) is 56.5 Å². The number of primary sulfonamides is 1. The van der Waals surface area contributed by atoms with E-state index in [1.54, 1.807) is 19.1 Å². The van der Waals surface area contributed by atoms with Gasteiger partial charge in [0.1, 0.15) is 23.4 Å². The molecule has 0 aliphatic heterocycles. The van der Waals surface area contributed by atoms with Crippen molar-refractivity contribution in [3.63, 3.8) is 0 Å². The number of sulfonamides is 1. The largest absolute Gasteiger partial charge is 0.405 e. The number of fused-ring (bicyclic) bond motifs is 1. The smallest absolute Gasteiger partial charge is 0.378 e. The Labute approximate surface area is 200 Å². The van der Waals surface area contributed by atoms with Crippen LogP contribution in [0.25, 0.3) is 11.0 Å². The summed E-state index contributed by atoms with van der Waals surface area (Å²) in [6.07, 6.45) is -4.50. The quantitative estimate of drug-likeness (QED) is 0.372. The molecule has 35 heavy (non-hydrogen) atoms. The maximum atomic E-state index is 12.9. The lowest BCUT2D eigenvalue weighted by Gasteiger charge is -2.17. The molecule has 5 N–H and O–H groups in total. The lowest BCUT2D eigenvalue weighted by molar-refractivity contribution is -0.115. The Morgan fingerprint density at radius 1 is 1.09 bits per heavy atom. The lowest BCUT2D eigenvalue weighted by Crippen LogP contribution is -2.22. The molecule has 0 fully saturated rings. The minimum absolute atomic E-state index is 0.0299. The summed E-state index contributed by atoms with van der Waals surface area (Å²) in [6.45, 7) is 3.38. The highest BCUT2D eigenvalue weighted by Gasteiger charge is 2.27. The number of aliphatic hydroxyl groups is 1. The van der Waals surface area contributed by atoms with Crippen LogP contribution in [0.3, 0.4) is 0 Å². The molecule has 0 unspecified atom stereocenters. The van der Waals surface area contributed by atoms with Gasteiger partial charge in [-0.2, -0.15) is 18.2 Å². The van der Waals surface area contributed by atoms with E-state index in [2.05, 4.69) is 37.4 Å². The SMILES string of the molecule is C[C@@H](Nc1nc(NCC(F)(F)F)c2nc(C#CC(C)(C)O)ccc2n1)c1ccc(S(N)(=O)=O)cc1. The number of alkyl halides is 3. The molecule has 0 saturated carbocycles. The predicted molar refractivity (Wildman–Crippen MR) is 125 cm³/mol. The van der Waals surface area contributed by atoms with Crippen molar-refractivity contribution in [2.24, 2.45) is 5.14 Å². The Hall–Kier alpha value is -3.47. The molecule has 3 rings (SSSR count). The maximum Gasteiger partial charge on any atom is 0.405 e. The third-order valence-corrected chi connectivity index (χ3v) is 5.48. The highest BCUT2D eigenvalue weighted by Crippen LogP contribution is 2.25. The summed E-state index contributed by atoms with van der Waals surface area (Å²) in [4.78, 5) is 12.7. The van der Waals surface area contributed by atoms with E-state index in [-0.39, 0.29) is 33.4 Å². The van der Waals surface area contributed by atoms with Crippen LogP contribution in [0.4, 0.5) is 24.9 Å². The summed E-state index contributed by atoms with van der Waals surface area (Å²) in [7, 11) is -3.84. The Bertz CT molecular complexity index is 1390. The van der Waals surface area contributed by atoms with Crippen molar-refractivity contribution in [1.29, 1.82) is 0 Å². The Morgan fingerprint density at radius 3 is 2.31 bits per heavy atom. The van der Waals surface area contributed by atoms with Crippen LogP contribution in [0.15, 0.2) is 41.3 Å². The van der Waals surface area contributed by atoms with Crippen LogP contribution in [0, 0.1) is 11.8 Å². The third-order valence-electron chi connectivity index (χ3n) is 4.55. The number of nitrogens with zero attached hydrogens (tertiary/aromatic N) is 3. The number of nitrogens with one attached hydrogen (secondary N) is 2. The van der Waals surface area contributed by atoms with Gasteiger partial charge in [-0.1, -0.05) is 18.1 Å². The van der Waals surface area contributed by atoms with E-state index in [4.69, 9.17) is 5.14 Å². The summed E-state index contributed by atoms with van der Waals surface area (Å²) >= 11 is 0. The number of nitrogens with two attached hydrogens (primary N) is 1. The van der Waals surface area contributed by atoms with Crippen molar-refractivity contribution in [2.75, 3.05) is 17.2 Å². The van der Waals surface area contributed by atoms with Gasteiger partial charge >= 0.3 is 6.18 Å². The molecule has 0 aliphatic carbocycles. The van der Waals surface area contributed by atoms with Crippen LogP contribution in [-0.4, -0.2) is 46.8 Å². The fourth-order valence-electron chi connectivity index (χ4n) is 2.90. The second kappa shape index (κ2) is 9.65. The first-order valence-corrected chi connectivity index (χ1v) is 11.8. The zero-order chi connectivity index (χ0) is 26.0. The molecule has 0 saturated heterocycles. The summed E-state index contributed by atoms with van der Waals surface area (Å²) in [6, 6.07) is 8.44. The van der Waals surface area contributed by atoms with Gasteiger partial charge in [0, 0.05) is 0 Å². The fraction of sp³-hybridized carbons (Fsp3) is 0.318. The summed E-state index contributed by atoms with van der Waals surface area (Å²) < 4.78 is 61.5. The van der Waals surface area contributed by atoms with E-state index in [1.807, 2.05) is 0 Å². The maximum absolute atomic E-state index is 12.9. The molecule has 2 aromatic heterocycles.